The maximum absolute atomic E-state index is 10.6. The van der Waals surface area contributed by atoms with Crippen molar-refractivity contribution in [2.75, 3.05) is 11.9 Å². The Labute approximate surface area is 98.8 Å². The van der Waals surface area contributed by atoms with Gasteiger partial charge in [-0.15, -0.1) is 0 Å². The molecule has 0 saturated heterocycles. The Kier molecular flexibility index (Phi) is 5.40. The lowest BCUT2D eigenvalue weighted by atomic mass is 10.1. The van der Waals surface area contributed by atoms with Crippen LogP contribution in [0.3, 0.4) is 0 Å². The van der Waals surface area contributed by atoms with E-state index < -0.39 is 0 Å². The molecular formula is C12H15BrO2. The number of hydrogen-bond donors (Lipinski definition) is 0. The van der Waals surface area contributed by atoms with Crippen LogP contribution in [0.25, 0.3) is 0 Å². The summed E-state index contributed by atoms with van der Waals surface area (Å²) in [7, 11) is 0. The van der Waals surface area contributed by atoms with E-state index in [4.69, 9.17) is 4.74 Å². The number of esters is 1. The topological polar surface area (TPSA) is 26.3 Å². The normalized spacial score (nSPS) is 10.0. The quantitative estimate of drug-likeness (QED) is 0.608. The minimum absolute atomic E-state index is 0.216. The summed E-state index contributed by atoms with van der Waals surface area (Å²) in [5.74, 6) is -0.216. The van der Waals surface area contributed by atoms with E-state index in [9.17, 15) is 4.79 Å². The molecule has 1 aromatic carbocycles. The molecule has 0 spiro atoms. The monoisotopic (exact) mass is 270 g/mol. The molecule has 0 unspecified atom stereocenters. The Morgan fingerprint density at radius 3 is 2.60 bits per heavy atom. The number of hydrogen-bond acceptors (Lipinski definition) is 2. The van der Waals surface area contributed by atoms with E-state index in [0.717, 1.165) is 18.2 Å². The van der Waals surface area contributed by atoms with Gasteiger partial charge in [-0.05, 0) is 17.5 Å². The van der Waals surface area contributed by atoms with E-state index in [2.05, 4.69) is 34.1 Å². The third-order valence-corrected chi connectivity index (χ3v) is 2.47. The van der Waals surface area contributed by atoms with Crippen molar-refractivity contribution in [1.82, 2.24) is 0 Å². The molecule has 0 bridgehead atoms. The summed E-state index contributed by atoms with van der Waals surface area (Å²) in [6.45, 7) is 1.90. The van der Waals surface area contributed by atoms with Crippen LogP contribution in [-0.4, -0.2) is 17.9 Å². The molecular weight excluding hydrogens is 256 g/mol. The van der Waals surface area contributed by atoms with Crippen molar-refractivity contribution >= 4 is 21.9 Å². The van der Waals surface area contributed by atoms with Gasteiger partial charge in [-0.3, -0.25) is 4.79 Å². The highest BCUT2D eigenvalue weighted by atomic mass is 79.9. The third kappa shape index (κ3) is 4.98. The second-order valence-electron chi connectivity index (χ2n) is 3.35. The number of benzene rings is 1. The van der Waals surface area contributed by atoms with Crippen LogP contribution in [0.4, 0.5) is 0 Å². The van der Waals surface area contributed by atoms with E-state index in [1.807, 2.05) is 6.07 Å². The molecule has 0 saturated carbocycles. The van der Waals surface area contributed by atoms with Gasteiger partial charge in [-0.2, -0.15) is 0 Å². The highest BCUT2D eigenvalue weighted by molar-refractivity contribution is 9.09. The minimum atomic E-state index is -0.216. The summed E-state index contributed by atoms with van der Waals surface area (Å²) in [6.07, 6.45) is 1.82. The van der Waals surface area contributed by atoms with Gasteiger partial charge in [0.2, 0.25) is 0 Å². The predicted octanol–water partition coefficient (Wildman–Crippen LogP) is 2.73. The summed E-state index contributed by atoms with van der Waals surface area (Å²) >= 11 is 3.41. The van der Waals surface area contributed by atoms with Crippen molar-refractivity contribution in [3.8, 4) is 0 Å². The maximum atomic E-state index is 10.6. The maximum Gasteiger partial charge on any atom is 0.302 e. The Morgan fingerprint density at radius 2 is 2.00 bits per heavy atom. The Balaban J connectivity index is 2.46. The Morgan fingerprint density at radius 1 is 1.33 bits per heavy atom. The molecule has 82 valence electrons. The molecule has 0 fully saturated rings. The van der Waals surface area contributed by atoms with Crippen molar-refractivity contribution < 1.29 is 9.53 Å². The molecule has 0 N–H and O–H groups in total. The zero-order valence-corrected chi connectivity index (χ0v) is 10.4. The number of carbonyl (C=O) groups excluding carboxylic acids is 1. The molecule has 0 amide bonds. The number of alkyl halides is 1. The average Bonchev–Trinajstić information content (AvgIpc) is 2.18. The van der Waals surface area contributed by atoms with Gasteiger partial charge < -0.3 is 4.74 Å². The first-order chi connectivity index (χ1) is 7.22. The lowest BCUT2D eigenvalue weighted by Crippen LogP contribution is -2.03. The van der Waals surface area contributed by atoms with Crippen LogP contribution in [0, 0.1) is 0 Å². The fourth-order valence-corrected chi connectivity index (χ4v) is 1.82. The van der Waals surface area contributed by atoms with Gasteiger partial charge in [0, 0.05) is 18.7 Å². The lowest BCUT2D eigenvalue weighted by Gasteiger charge is -2.04. The fourth-order valence-electron chi connectivity index (χ4n) is 1.36. The second kappa shape index (κ2) is 6.62. The zero-order valence-electron chi connectivity index (χ0n) is 8.83. The van der Waals surface area contributed by atoms with Gasteiger partial charge in [0.1, 0.15) is 0 Å². The van der Waals surface area contributed by atoms with Crippen molar-refractivity contribution in [1.29, 1.82) is 0 Å². The molecule has 3 heteroatoms. The molecule has 1 rings (SSSR count). The Hall–Kier alpha value is -0.830. The average molecular weight is 271 g/mol. The zero-order chi connectivity index (χ0) is 11.1. The summed E-state index contributed by atoms with van der Waals surface area (Å²) in [5.41, 5.74) is 2.53. The summed E-state index contributed by atoms with van der Waals surface area (Å²) in [4.78, 5) is 10.6. The van der Waals surface area contributed by atoms with Crippen LogP contribution in [0.15, 0.2) is 24.3 Å². The highest BCUT2D eigenvalue weighted by Gasteiger charge is 1.97. The molecule has 0 aliphatic carbocycles. The third-order valence-electron chi connectivity index (χ3n) is 2.07. The first-order valence-corrected chi connectivity index (χ1v) is 6.11. The predicted molar refractivity (Wildman–Crippen MR) is 64.3 cm³/mol. The first kappa shape index (κ1) is 12.2. The Bertz CT molecular complexity index is 323. The molecule has 15 heavy (non-hydrogen) atoms. The number of aryl methyl sites for hydroxylation is 1. The summed E-state index contributed by atoms with van der Waals surface area (Å²) < 4.78 is 4.90. The summed E-state index contributed by atoms with van der Waals surface area (Å²) in [6, 6.07) is 8.36. The first-order valence-electron chi connectivity index (χ1n) is 4.99. The van der Waals surface area contributed by atoms with Gasteiger partial charge in [0.15, 0.2) is 0 Å². The number of halogens is 1. The van der Waals surface area contributed by atoms with E-state index in [1.165, 1.54) is 18.1 Å². The van der Waals surface area contributed by atoms with Gasteiger partial charge >= 0.3 is 5.97 Å². The summed E-state index contributed by atoms with van der Waals surface area (Å²) in [5, 5.41) is 0.973. The van der Waals surface area contributed by atoms with Crippen LogP contribution >= 0.6 is 15.9 Å². The van der Waals surface area contributed by atoms with Crippen molar-refractivity contribution in [2.24, 2.45) is 0 Å². The smallest absolute Gasteiger partial charge is 0.302 e. The molecule has 0 heterocycles. The minimum Gasteiger partial charge on any atom is -0.466 e. The van der Waals surface area contributed by atoms with Crippen molar-refractivity contribution in [3.05, 3.63) is 35.4 Å². The molecule has 2 nitrogen and oxygen atoms in total. The number of rotatable bonds is 5. The standard InChI is InChI=1S/C12H15BrO2/c1-10(14)15-8-6-12-4-2-3-11(9-12)5-7-13/h2-4,9H,5-8H2,1H3. The van der Waals surface area contributed by atoms with E-state index in [-0.39, 0.29) is 5.97 Å². The van der Waals surface area contributed by atoms with E-state index in [0.29, 0.717) is 6.61 Å². The van der Waals surface area contributed by atoms with Gasteiger partial charge in [-0.1, -0.05) is 40.2 Å². The molecule has 0 aliphatic heterocycles. The fraction of sp³-hybridized carbons (Fsp3) is 0.417. The SMILES string of the molecule is CC(=O)OCCc1cccc(CCBr)c1. The molecule has 0 aliphatic rings. The van der Waals surface area contributed by atoms with Crippen molar-refractivity contribution in [2.45, 2.75) is 19.8 Å². The molecule has 0 aromatic heterocycles. The van der Waals surface area contributed by atoms with Crippen LogP contribution in [0.5, 0.6) is 0 Å². The van der Waals surface area contributed by atoms with Crippen LogP contribution < -0.4 is 0 Å². The van der Waals surface area contributed by atoms with Gasteiger partial charge in [0.25, 0.3) is 0 Å². The van der Waals surface area contributed by atoms with Gasteiger partial charge in [-0.25, -0.2) is 0 Å². The lowest BCUT2D eigenvalue weighted by molar-refractivity contribution is -0.140. The number of carbonyl (C=O) groups is 1. The van der Waals surface area contributed by atoms with Crippen LogP contribution in [0.2, 0.25) is 0 Å². The molecule has 0 radical (unpaired) electrons. The molecule has 1 aromatic rings. The van der Waals surface area contributed by atoms with E-state index >= 15 is 0 Å². The van der Waals surface area contributed by atoms with Crippen LogP contribution in [0.1, 0.15) is 18.1 Å². The van der Waals surface area contributed by atoms with Crippen molar-refractivity contribution in [3.63, 3.8) is 0 Å². The van der Waals surface area contributed by atoms with Crippen LogP contribution in [-0.2, 0) is 22.4 Å². The largest absolute Gasteiger partial charge is 0.466 e. The van der Waals surface area contributed by atoms with E-state index in [1.54, 1.807) is 0 Å². The highest BCUT2D eigenvalue weighted by Crippen LogP contribution is 2.08. The molecule has 0 atom stereocenters. The van der Waals surface area contributed by atoms with Gasteiger partial charge in [0.05, 0.1) is 6.61 Å². The number of ether oxygens (including phenoxy) is 1. The second-order valence-corrected chi connectivity index (χ2v) is 4.14.